The number of unbranched alkanes of at least 4 members (excludes halogenated alkanes) is 2. The van der Waals surface area contributed by atoms with E-state index in [2.05, 4.69) is 35.3 Å². The Labute approximate surface area is 332 Å². The predicted octanol–water partition coefficient (Wildman–Crippen LogP) is 7.76. The molecular weight excluding hydrogens is 733 g/mol. The van der Waals surface area contributed by atoms with Crippen LogP contribution in [0.5, 0.6) is 11.5 Å². The molecule has 0 spiro atoms. The molecule has 298 valence electrons. The lowest BCUT2D eigenvalue weighted by Gasteiger charge is -2.58. The summed E-state index contributed by atoms with van der Waals surface area (Å²) >= 11 is 1.76. The molecule has 12 nitrogen and oxygen atoms in total. The first-order valence-electron chi connectivity index (χ1n) is 19.5. The van der Waals surface area contributed by atoms with Crippen molar-refractivity contribution in [2.45, 2.75) is 74.9 Å². The first-order chi connectivity index (χ1) is 27.4. The Bertz CT molecular complexity index is 1840. The number of aliphatic hydroxyl groups excluding tert-OH is 2. The van der Waals surface area contributed by atoms with E-state index in [1.54, 1.807) is 54.6 Å². The van der Waals surface area contributed by atoms with E-state index in [0.717, 1.165) is 71.0 Å². The summed E-state index contributed by atoms with van der Waals surface area (Å²) < 4.78 is 20.3. The maximum absolute atomic E-state index is 11.3. The Morgan fingerprint density at radius 2 is 1.82 bits per heavy atom. The number of aromatic nitrogens is 2. The Kier molecular flexibility index (Phi) is 14.7. The molecule has 3 aliphatic rings. The van der Waals surface area contributed by atoms with Gasteiger partial charge in [0.2, 0.25) is 5.79 Å². The summed E-state index contributed by atoms with van der Waals surface area (Å²) in [4.78, 5) is 25.7. The smallest absolute Gasteiger partial charge is 0.269 e. The summed E-state index contributed by atoms with van der Waals surface area (Å²) in [6.07, 6.45) is 17.0. The van der Waals surface area contributed by atoms with Gasteiger partial charge in [0.05, 0.1) is 34.1 Å². The SMILES string of the molecule is C=CCOc1ccc2c(c1)C1C(CCCCO)C(CCCCO)C=C3C(=NOCc4ccc([N+](=O)[O-])cc4)CC(SCCc4cnccn4)C(OCC=C)(O2)C31. The average Bonchev–Trinajstić information content (AvgIpc) is 3.22. The van der Waals surface area contributed by atoms with E-state index in [1.165, 1.54) is 12.1 Å². The second kappa shape index (κ2) is 20.0. The maximum atomic E-state index is 11.3. The van der Waals surface area contributed by atoms with Gasteiger partial charge >= 0.3 is 0 Å². The van der Waals surface area contributed by atoms with Gasteiger partial charge in [0.1, 0.15) is 24.7 Å². The molecule has 56 heavy (non-hydrogen) atoms. The number of hydrogen-bond donors (Lipinski definition) is 2. The maximum Gasteiger partial charge on any atom is 0.269 e. The molecular formula is C43H52N4O8S. The van der Waals surface area contributed by atoms with Crippen LogP contribution in [0, 0.1) is 27.9 Å². The summed E-state index contributed by atoms with van der Waals surface area (Å²) in [7, 11) is 0. The minimum Gasteiger partial charge on any atom is -0.490 e. The minimum atomic E-state index is -1.10. The van der Waals surface area contributed by atoms with E-state index >= 15 is 0 Å². The quantitative estimate of drug-likeness (QED) is 0.0444. The van der Waals surface area contributed by atoms with Crippen LogP contribution in [0.25, 0.3) is 0 Å². The highest BCUT2D eigenvalue weighted by Crippen LogP contribution is 2.62. The molecule has 0 bridgehead atoms. The zero-order valence-corrected chi connectivity index (χ0v) is 32.6. The van der Waals surface area contributed by atoms with E-state index < -0.39 is 10.7 Å². The van der Waals surface area contributed by atoms with Crippen molar-refractivity contribution in [3.05, 3.63) is 125 Å². The number of aryl methyl sites for hydroxylation is 1. The molecule has 1 saturated carbocycles. The van der Waals surface area contributed by atoms with Gasteiger partial charge in [0.25, 0.3) is 5.69 Å². The number of thioether (sulfide) groups is 1. The molecule has 1 aromatic heterocycles. The fourth-order valence-corrected chi connectivity index (χ4v) is 9.77. The molecule has 1 fully saturated rings. The lowest BCUT2D eigenvalue weighted by Crippen LogP contribution is -2.64. The highest BCUT2D eigenvalue weighted by Gasteiger charge is 2.64. The largest absolute Gasteiger partial charge is 0.490 e. The van der Waals surface area contributed by atoms with E-state index in [-0.39, 0.29) is 61.0 Å². The number of non-ortho nitro benzene ring substituents is 1. The third-order valence-corrected chi connectivity index (χ3v) is 12.2. The molecule has 1 aliphatic heterocycles. The highest BCUT2D eigenvalue weighted by molar-refractivity contribution is 8.00. The highest BCUT2D eigenvalue weighted by atomic mass is 32.2. The van der Waals surface area contributed by atoms with Crippen LogP contribution in [0.15, 0.2) is 103 Å². The van der Waals surface area contributed by atoms with Crippen molar-refractivity contribution in [2.24, 2.45) is 22.9 Å². The van der Waals surface area contributed by atoms with Gasteiger partial charge in [-0.15, -0.1) is 6.58 Å². The van der Waals surface area contributed by atoms with Gasteiger partial charge in [-0.05, 0) is 84.7 Å². The van der Waals surface area contributed by atoms with E-state index in [0.29, 0.717) is 32.3 Å². The van der Waals surface area contributed by atoms with Crippen LogP contribution in [-0.4, -0.2) is 74.0 Å². The zero-order valence-electron chi connectivity index (χ0n) is 31.7. The second-order valence-corrected chi connectivity index (χ2v) is 15.7. The van der Waals surface area contributed by atoms with Gasteiger partial charge in [-0.25, -0.2) is 0 Å². The number of fused-ring (bicyclic) bond motifs is 2. The number of nitrogens with zero attached hydrogens (tertiary/aromatic N) is 4. The topological polar surface area (TPSA) is 159 Å². The fraction of sp³-hybridized carbons (Fsp3) is 0.465. The Morgan fingerprint density at radius 3 is 2.54 bits per heavy atom. The monoisotopic (exact) mass is 784 g/mol. The Hall–Kier alpha value is -4.56. The number of nitro groups is 1. The van der Waals surface area contributed by atoms with Gasteiger partial charge in [-0.3, -0.25) is 20.1 Å². The standard InChI is InChI=1S/C43H52N4O8S/c1-3-22-52-34-15-16-39-37(26-34)41-35(10-6-8-21-49)31(9-5-7-20-48)25-36-38(46-54-29-30-11-13-33(14-12-30)47(50)51)27-40(43(55-39,42(36)41)53-23-4-2)56-24-17-32-28-44-18-19-45-32/h3-4,11-16,18-19,25-26,28,31,35,40-42,48-49H,1-2,5-10,17,20-24,27,29H2. The molecule has 6 rings (SSSR count). The van der Waals surface area contributed by atoms with E-state index in [4.69, 9.17) is 24.2 Å². The fourth-order valence-electron chi connectivity index (χ4n) is 8.38. The van der Waals surface area contributed by atoms with Crippen LogP contribution in [0.2, 0.25) is 0 Å². The zero-order chi connectivity index (χ0) is 39.3. The molecule has 2 N–H and O–H groups in total. The number of rotatable bonds is 22. The van der Waals surface area contributed by atoms with Crippen molar-refractivity contribution >= 4 is 23.2 Å². The number of oxime groups is 1. The van der Waals surface area contributed by atoms with Crippen LogP contribution in [-0.2, 0) is 22.6 Å². The number of aliphatic hydroxyl groups is 2. The normalized spacial score (nSPS) is 24.3. The molecule has 2 heterocycles. The number of ether oxygens (including phenoxy) is 3. The molecule has 0 amide bonds. The van der Waals surface area contributed by atoms with Gasteiger partial charge in [-0.1, -0.05) is 42.8 Å². The van der Waals surface area contributed by atoms with Crippen molar-refractivity contribution < 1.29 is 34.2 Å². The number of allylic oxidation sites excluding steroid dienone is 1. The first kappa shape index (κ1) is 41.1. The predicted molar refractivity (Wildman–Crippen MR) is 217 cm³/mol. The Balaban J connectivity index is 1.47. The molecule has 6 unspecified atom stereocenters. The van der Waals surface area contributed by atoms with Crippen LogP contribution in [0.3, 0.4) is 0 Å². The molecule has 0 radical (unpaired) electrons. The lowest BCUT2D eigenvalue weighted by atomic mass is 9.56. The average molecular weight is 785 g/mol. The van der Waals surface area contributed by atoms with Crippen LogP contribution >= 0.6 is 11.8 Å². The van der Waals surface area contributed by atoms with Crippen LogP contribution in [0.4, 0.5) is 5.69 Å². The van der Waals surface area contributed by atoms with Gasteiger partial charge in [0.15, 0.2) is 0 Å². The molecule has 6 atom stereocenters. The summed E-state index contributed by atoms with van der Waals surface area (Å²) in [5.74, 6) is 1.03. The van der Waals surface area contributed by atoms with Crippen molar-refractivity contribution in [1.82, 2.24) is 9.97 Å². The number of nitro benzene ring substituents is 1. The van der Waals surface area contributed by atoms with E-state index in [1.807, 2.05) is 12.1 Å². The molecule has 3 aromatic rings. The minimum absolute atomic E-state index is 0.0133. The van der Waals surface area contributed by atoms with Gasteiger partial charge in [0, 0.05) is 68.3 Å². The third kappa shape index (κ3) is 9.51. The lowest BCUT2D eigenvalue weighted by molar-refractivity contribution is -0.384. The molecule has 0 saturated heterocycles. The second-order valence-electron chi connectivity index (χ2n) is 14.4. The van der Waals surface area contributed by atoms with Crippen molar-refractivity contribution in [1.29, 1.82) is 0 Å². The molecule has 2 aliphatic carbocycles. The van der Waals surface area contributed by atoms with Crippen molar-refractivity contribution in [2.75, 3.05) is 32.2 Å². The van der Waals surface area contributed by atoms with E-state index in [9.17, 15) is 20.3 Å². The van der Waals surface area contributed by atoms with Crippen LogP contribution < -0.4 is 9.47 Å². The molecule has 13 heteroatoms. The first-order valence-corrected chi connectivity index (χ1v) is 20.5. The summed E-state index contributed by atoms with van der Waals surface area (Å²) in [5, 5.41) is 35.5. The number of benzene rings is 2. The number of hydrogen-bond acceptors (Lipinski definition) is 12. The summed E-state index contributed by atoms with van der Waals surface area (Å²) in [6, 6.07) is 12.3. The summed E-state index contributed by atoms with van der Waals surface area (Å²) in [5.41, 5.74) is 4.53. The molecule has 2 aromatic carbocycles. The summed E-state index contributed by atoms with van der Waals surface area (Å²) in [6.45, 7) is 8.87. The van der Waals surface area contributed by atoms with Gasteiger partial charge in [-0.2, -0.15) is 11.8 Å². The van der Waals surface area contributed by atoms with Gasteiger partial charge < -0.3 is 29.3 Å². The van der Waals surface area contributed by atoms with Crippen molar-refractivity contribution in [3.63, 3.8) is 0 Å². The van der Waals surface area contributed by atoms with Crippen LogP contribution in [0.1, 0.15) is 67.7 Å². The van der Waals surface area contributed by atoms with Crippen molar-refractivity contribution in [3.8, 4) is 11.5 Å². The Morgan fingerprint density at radius 1 is 1.04 bits per heavy atom. The third-order valence-electron chi connectivity index (χ3n) is 10.8.